The van der Waals surface area contributed by atoms with Crippen LogP contribution < -0.4 is 0 Å². The largest absolute Gasteiger partial charge is 0.307 e. The summed E-state index contributed by atoms with van der Waals surface area (Å²) in [6, 6.07) is 54.6. The molecule has 6 heteroatoms. The zero-order valence-electron chi connectivity index (χ0n) is 26.8. The van der Waals surface area contributed by atoms with E-state index in [1.54, 1.807) is 0 Å². The average Bonchev–Trinajstić information content (AvgIpc) is 3.71. The highest BCUT2D eigenvalue weighted by Gasteiger charge is 2.21. The number of aromatic nitrogens is 6. The van der Waals surface area contributed by atoms with Crippen LogP contribution in [0.4, 0.5) is 0 Å². The number of hydrogen-bond donors (Lipinski definition) is 0. The first kappa shape index (κ1) is 28.1. The number of benzene rings is 6. The SMILES string of the molecule is c1ccc(-c2ccc3c(c2)c2ccccc2n3-c2nc(-c3ccccc3)nc(-c3ccccc3-n3c4ccccc4c4ccncc43)n2)cc1. The van der Waals surface area contributed by atoms with Crippen molar-refractivity contribution < 1.29 is 0 Å². The van der Waals surface area contributed by atoms with E-state index in [-0.39, 0.29) is 0 Å². The van der Waals surface area contributed by atoms with Crippen molar-refractivity contribution >= 4 is 43.6 Å². The Morgan fingerprint density at radius 2 is 0.980 bits per heavy atom. The Morgan fingerprint density at radius 1 is 0.380 bits per heavy atom. The van der Waals surface area contributed by atoms with Crippen LogP contribution in [0, 0.1) is 0 Å². The van der Waals surface area contributed by atoms with Crippen molar-refractivity contribution in [2.45, 2.75) is 0 Å². The maximum absolute atomic E-state index is 5.29. The van der Waals surface area contributed by atoms with E-state index in [0.717, 1.165) is 60.6 Å². The van der Waals surface area contributed by atoms with Crippen LogP contribution in [-0.4, -0.2) is 29.1 Å². The summed E-state index contributed by atoms with van der Waals surface area (Å²) in [5.74, 6) is 1.76. The fraction of sp³-hybridized carbons (Fsp3) is 0. The van der Waals surface area contributed by atoms with Gasteiger partial charge < -0.3 is 4.57 Å². The molecule has 0 spiro atoms. The minimum Gasteiger partial charge on any atom is -0.307 e. The Balaban J connectivity index is 1.25. The molecule has 0 amide bonds. The van der Waals surface area contributed by atoms with Crippen molar-refractivity contribution in [3.63, 3.8) is 0 Å². The van der Waals surface area contributed by atoms with Crippen LogP contribution in [0.2, 0.25) is 0 Å². The molecule has 10 rings (SSSR count). The zero-order chi connectivity index (χ0) is 33.0. The fourth-order valence-corrected chi connectivity index (χ4v) is 7.24. The summed E-state index contributed by atoms with van der Waals surface area (Å²) in [4.78, 5) is 20.1. The van der Waals surface area contributed by atoms with Crippen molar-refractivity contribution in [3.8, 4) is 45.5 Å². The first-order valence-corrected chi connectivity index (χ1v) is 16.7. The Morgan fingerprint density at radius 3 is 1.78 bits per heavy atom. The quantitative estimate of drug-likeness (QED) is 0.188. The highest BCUT2D eigenvalue weighted by Crippen LogP contribution is 2.37. The monoisotopic (exact) mass is 640 g/mol. The molecule has 0 aliphatic rings. The molecule has 0 N–H and O–H groups in total. The van der Waals surface area contributed by atoms with Crippen LogP contribution >= 0.6 is 0 Å². The first-order valence-electron chi connectivity index (χ1n) is 16.7. The van der Waals surface area contributed by atoms with E-state index in [1.807, 2.05) is 54.9 Å². The molecule has 0 bridgehead atoms. The lowest BCUT2D eigenvalue weighted by Crippen LogP contribution is -2.07. The highest BCUT2D eigenvalue weighted by molar-refractivity contribution is 6.11. The summed E-state index contributed by atoms with van der Waals surface area (Å²) in [5.41, 5.74) is 9.31. The van der Waals surface area contributed by atoms with E-state index in [0.29, 0.717) is 17.6 Å². The van der Waals surface area contributed by atoms with Gasteiger partial charge in [0, 0.05) is 38.9 Å². The predicted molar refractivity (Wildman–Crippen MR) is 203 cm³/mol. The van der Waals surface area contributed by atoms with Crippen LogP contribution in [0.15, 0.2) is 170 Å². The third-order valence-corrected chi connectivity index (χ3v) is 9.50. The topological polar surface area (TPSA) is 61.4 Å². The van der Waals surface area contributed by atoms with Crippen molar-refractivity contribution in [1.29, 1.82) is 0 Å². The molecule has 10 aromatic rings. The van der Waals surface area contributed by atoms with Gasteiger partial charge in [-0.2, -0.15) is 9.97 Å². The summed E-state index contributed by atoms with van der Waals surface area (Å²) in [5, 5.41) is 4.60. The second-order valence-electron chi connectivity index (χ2n) is 12.4. The Kier molecular flexibility index (Phi) is 6.39. The van der Waals surface area contributed by atoms with Crippen molar-refractivity contribution in [3.05, 3.63) is 170 Å². The van der Waals surface area contributed by atoms with Gasteiger partial charge in [0.1, 0.15) is 0 Å². The number of rotatable bonds is 5. The van der Waals surface area contributed by atoms with Crippen molar-refractivity contribution in [2.24, 2.45) is 0 Å². The Bertz CT molecular complexity index is 2820. The van der Waals surface area contributed by atoms with Gasteiger partial charge in [-0.1, -0.05) is 115 Å². The smallest absolute Gasteiger partial charge is 0.238 e. The van der Waals surface area contributed by atoms with Gasteiger partial charge in [-0.3, -0.25) is 9.55 Å². The van der Waals surface area contributed by atoms with Gasteiger partial charge in [0.15, 0.2) is 11.6 Å². The molecule has 0 unspecified atom stereocenters. The summed E-state index contributed by atoms with van der Waals surface area (Å²) in [7, 11) is 0. The Labute approximate surface area is 287 Å². The van der Waals surface area contributed by atoms with Gasteiger partial charge in [-0.05, 0) is 53.6 Å². The van der Waals surface area contributed by atoms with E-state index in [9.17, 15) is 0 Å². The maximum atomic E-state index is 5.29. The van der Waals surface area contributed by atoms with Crippen molar-refractivity contribution in [1.82, 2.24) is 29.1 Å². The van der Waals surface area contributed by atoms with E-state index in [4.69, 9.17) is 15.0 Å². The molecule has 6 aromatic carbocycles. The third-order valence-electron chi connectivity index (χ3n) is 9.50. The van der Waals surface area contributed by atoms with Gasteiger partial charge >= 0.3 is 0 Å². The molecule has 50 heavy (non-hydrogen) atoms. The van der Waals surface area contributed by atoms with Gasteiger partial charge in [-0.15, -0.1) is 0 Å². The van der Waals surface area contributed by atoms with E-state index >= 15 is 0 Å². The fourth-order valence-electron chi connectivity index (χ4n) is 7.24. The lowest BCUT2D eigenvalue weighted by atomic mass is 10.0. The number of fused-ring (bicyclic) bond motifs is 6. The molecule has 4 aromatic heterocycles. The molecule has 0 atom stereocenters. The number of para-hydroxylation sites is 3. The standard InChI is InChI=1S/C44H28N6/c1-3-13-29(14-4-1)31-23-24-40-36(27-31)33-18-8-11-21-38(33)50(40)44-47-42(30-15-5-2-6-16-30)46-43(48-44)35-19-9-12-22-39(35)49-37-20-10-7-17-32(37)34-25-26-45-28-41(34)49/h1-28H. The highest BCUT2D eigenvalue weighted by atomic mass is 15.2. The number of hydrogen-bond acceptors (Lipinski definition) is 4. The van der Waals surface area contributed by atoms with Gasteiger partial charge in [0.25, 0.3) is 0 Å². The van der Waals surface area contributed by atoms with Crippen LogP contribution in [0.3, 0.4) is 0 Å². The van der Waals surface area contributed by atoms with Gasteiger partial charge in [-0.25, -0.2) is 4.98 Å². The van der Waals surface area contributed by atoms with E-state index < -0.39 is 0 Å². The first-order chi connectivity index (χ1) is 24.8. The van der Waals surface area contributed by atoms with E-state index in [1.165, 1.54) is 10.9 Å². The minimum absolute atomic E-state index is 0.561. The lowest BCUT2D eigenvalue weighted by molar-refractivity contribution is 0.951. The zero-order valence-corrected chi connectivity index (χ0v) is 26.8. The average molecular weight is 641 g/mol. The molecule has 0 aliphatic heterocycles. The van der Waals surface area contributed by atoms with Crippen LogP contribution in [0.1, 0.15) is 0 Å². The van der Waals surface area contributed by atoms with Gasteiger partial charge in [0.05, 0.1) is 34.0 Å². The van der Waals surface area contributed by atoms with Crippen LogP contribution in [0.25, 0.3) is 89.2 Å². The molecule has 6 nitrogen and oxygen atoms in total. The molecule has 0 saturated carbocycles. The summed E-state index contributed by atoms with van der Waals surface area (Å²) < 4.78 is 4.44. The summed E-state index contributed by atoms with van der Waals surface area (Å²) in [6.45, 7) is 0. The second-order valence-corrected chi connectivity index (χ2v) is 12.4. The van der Waals surface area contributed by atoms with Gasteiger partial charge in [0.2, 0.25) is 5.95 Å². The lowest BCUT2D eigenvalue weighted by Gasteiger charge is -2.15. The third kappa shape index (κ3) is 4.43. The summed E-state index contributed by atoms with van der Waals surface area (Å²) in [6.07, 6.45) is 3.78. The number of nitrogens with zero attached hydrogens (tertiary/aromatic N) is 6. The van der Waals surface area contributed by atoms with Crippen LogP contribution in [0.5, 0.6) is 0 Å². The number of pyridine rings is 1. The van der Waals surface area contributed by atoms with E-state index in [2.05, 4.69) is 129 Å². The molecule has 234 valence electrons. The molecule has 0 saturated heterocycles. The minimum atomic E-state index is 0.561. The van der Waals surface area contributed by atoms with Crippen molar-refractivity contribution in [2.75, 3.05) is 0 Å². The molecule has 4 heterocycles. The molecule has 0 fully saturated rings. The van der Waals surface area contributed by atoms with Crippen LogP contribution in [-0.2, 0) is 0 Å². The Hall–Kier alpha value is -6.92. The normalized spacial score (nSPS) is 11.6. The summed E-state index contributed by atoms with van der Waals surface area (Å²) >= 11 is 0. The molecular formula is C44H28N6. The predicted octanol–water partition coefficient (Wildman–Crippen LogP) is 10.5. The maximum Gasteiger partial charge on any atom is 0.238 e. The molecule has 0 aliphatic carbocycles. The second kappa shape index (κ2) is 11.4. The molecule has 0 radical (unpaired) electrons. The molecular weight excluding hydrogens is 613 g/mol.